The Labute approximate surface area is 120 Å². The average Bonchev–Trinajstić information content (AvgIpc) is 2.50. The van der Waals surface area contributed by atoms with Gasteiger partial charge in [-0.05, 0) is 12.1 Å². The smallest absolute Gasteiger partial charge is 0.346 e. The van der Waals surface area contributed by atoms with Crippen molar-refractivity contribution >= 4 is 5.97 Å². The summed E-state index contributed by atoms with van der Waals surface area (Å²) in [5.74, 6) is -3.58. The molecule has 1 aliphatic heterocycles. The molecular formula is C13H17NO7. The van der Waals surface area contributed by atoms with Crippen molar-refractivity contribution in [2.24, 2.45) is 5.73 Å². The van der Waals surface area contributed by atoms with Crippen molar-refractivity contribution < 1.29 is 34.7 Å². The molecule has 0 bridgehead atoms. The standard InChI is InChI=1S/C13H17NO7/c14-11-10(17)9(16)8(6-15)20-13(11,19)21-12(18)7-4-2-1-3-5-7/h1-5,8-11,15-17,19H,6,14H2/t8-,9-,10+,11-,13-/m1/s1. The number of aliphatic hydroxyl groups is 4. The first-order chi connectivity index (χ1) is 9.89. The van der Waals surface area contributed by atoms with E-state index >= 15 is 0 Å². The van der Waals surface area contributed by atoms with Crippen LogP contribution in [-0.4, -0.2) is 63.3 Å². The van der Waals surface area contributed by atoms with Crippen molar-refractivity contribution in [1.82, 2.24) is 0 Å². The van der Waals surface area contributed by atoms with Gasteiger partial charge in [0.05, 0.1) is 12.2 Å². The predicted octanol–water partition coefficient (Wildman–Crippen LogP) is -2.07. The number of aliphatic hydroxyl groups excluding tert-OH is 3. The van der Waals surface area contributed by atoms with E-state index in [0.717, 1.165) is 0 Å². The van der Waals surface area contributed by atoms with Gasteiger partial charge in [0.15, 0.2) is 0 Å². The van der Waals surface area contributed by atoms with Crippen LogP contribution in [0.5, 0.6) is 0 Å². The predicted molar refractivity (Wildman–Crippen MR) is 68.8 cm³/mol. The minimum Gasteiger partial charge on any atom is -0.403 e. The molecule has 0 aromatic heterocycles. The van der Waals surface area contributed by atoms with Crippen molar-refractivity contribution in [1.29, 1.82) is 0 Å². The third-order valence-corrected chi connectivity index (χ3v) is 3.27. The van der Waals surface area contributed by atoms with Crippen molar-refractivity contribution in [2.75, 3.05) is 6.61 Å². The highest BCUT2D eigenvalue weighted by Crippen LogP contribution is 2.28. The zero-order valence-electron chi connectivity index (χ0n) is 11.0. The van der Waals surface area contributed by atoms with Crippen LogP contribution < -0.4 is 5.73 Å². The van der Waals surface area contributed by atoms with Crippen LogP contribution in [0.15, 0.2) is 30.3 Å². The molecule has 1 aromatic rings. The molecule has 1 fully saturated rings. The Morgan fingerprint density at radius 1 is 1.29 bits per heavy atom. The van der Waals surface area contributed by atoms with Gasteiger partial charge in [-0.25, -0.2) is 4.79 Å². The Bertz CT molecular complexity index is 495. The second kappa shape index (κ2) is 6.06. The maximum atomic E-state index is 11.9. The zero-order valence-corrected chi connectivity index (χ0v) is 11.0. The van der Waals surface area contributed by atoms with E-state index in [-0.39, 0.29) is 5.56 Å². The molecule has 6 N–H and O–H groups in total. The van der Waals surface area contributed by atoms with Crippen LogP contribution in [0, 0.1) is 0 Å². The number of nitrogens with two attached hydrogens (primary N) is 1. The summed E-state index contributed by atoms with van der Waals surface area (Å²) in [7, 11) is 0. The second-order valence-corrected chi connectivity index (χ2v) is 4.73. The average molecular weight is 299 g/mol. The van der Waals surface area contributed by atoms with Crippen LogP contribution in [0.2, 0.25) is 0 Å². The van der Waals surface area contributed by atoms with E-state index in [9.17, 15) is 20.1 Å². The molecule has 1 aliphatic rings. The van der Waals surface area contributed by atoms with Gasteiger partial charge in [0.2, 0.25) is 0 Å². The molecule has 8 heteroatoms. The van der Waals surface area contributed by atoms with Crippen LogP contribution in [0.4, 0.5) is 0 Å². The molecule has 116 valence electrons. The van der Waals surface area contributed by atoms with Gasteiger partial charge in [0.25, 0.3) is 0 Å². The summed E-state index contributed by atoms with van der Waals surface area (Å²) in [6.07, 6.45) is -4.49. The minimum atomic E-state index is -2.65. The van der Waals surface area contributed by atoms with Crippen LogP contribution >= 0.6 is 0 Å². The summed E-state index contributed by atoms with van der Waals surface area (Å²) < 4.78 is 9.75. The number of carbonyl (C=O) groups is 1. The first-order valence-corrected chi connectivity index (χ1v) is 6.30. The molecule has 0 spiro atoms. The first kappa shape index (κ1) is 15.8. The number of ether oxygens (including phenoxy) is 2. The fourth-order valence-corrected chi connectivity index (χ4v) is 2.02. The summed E-state index contributed by atoms with van der Waals surface area (Å²) in [4.78, 5) is 11.9. The minimum absolute atomic E-state index is 0.142. The lowest BCUT2D eigenvalue weighted by molar-refractivity contribution is -0.402. The molecule has 0 saturated carbocycles. The number of rotatable bonds is 3. The molecule has 0 amide bonds. The van der Waals surface area contributed by atoms with Gasteiger partial charge in [0, 0.05) is 0 Å². The van der Waals surface area contributed by atoms with E-state index in [1.165, 1.54) is 12.1 Å². The SMILES string of the molecule is N[C@@H]1[C@@H](O)[C@H](O)[C@@H](CO)O[C@@]1(O)OC(=O)c1ccccc1. The number of esters is 1. The Balaban J connectivity index is 2.18. The number of hydrogen-bond acceptors (Lipinski definition) is 8. The second-order valence-electron chi connectivity index (χ2n) is 4.73. The molecular weight excluding hydrogens is 282 g/mol. The Morgan fingerprint density at radius 3 is 2.48 bits per heavy atom. The molecule has 8 nitrogen and oxygen atoms in total. The zero-order chi connectivity index (χ0) is 15.6. The molecule has 0 radical (unpaired) electrons. The van der Waals surface area contributed by atoms with Crippen LogP contribution in [0.3, 0.4) is 0 Å². The van der Waals surface area contributed by atoms with Crippen LogP contribution in [-0.2, 0) is 9.47 Å². The van der Waals surface area contributed by atoms with Gasteiger partial charge in [-0.3, -0.25) is 0 Å². The highest BCUT2D eigenvalue weighted by Gasteiger charge is 2.54. The number of hydrogen-bond donors (Lipinski definition) is 5. The summed E-state index contributed by atoms with van der Waals surface area (Å²) >= 11 is 0. The van der Waals surface area contributed by atoms with Gasteiger partial charge < -0.3 is 35.6 Å². The fourth-order valence-electron chi connectivity index (χ4n) is 2.02. The molecule has 2 rings (SSSR count). The van der Waals surface area contributed by atoms with Gasteiger partial charge in [-0.1, -0.05) is 18.2 Å². The molecule has 0 aliphatic carbocycles. The monoisotopic (exact) mass is 299 g/mol. The van der Waals surface area contributed by atoms with Crippen molar-refractivity contribution in [3.05, 3.63) is 35.9 Å². The van der Waals surface area contributed by atoms with Crippen LogP contribution in [0.1, 0.15) is 10.4 Å². The van der Waals surface area contributed by atoms with E-state index in [4.69, 9.17) is 20.3 Å². The Hall–Kier alpha value is -1.55. The summed E-state index contributed by atoms with van der Waals surface area (Å²) in [6.45, 7) is -0.698. The normalized spacial score (nSPS) is 36.2. The lowest BCUT2D eigenvalue weighted by atomic mass is 9.96. The lowest BCUT2D eigenvalue weighted by Crippen LogP contribution is -2.69. The maximum absolute atomic E-state index is 11.9. The summed E-state index contributed by atoms with van der Waals surface area (Å²) in [5, 5.41) is 38.6. The number of carbonyl (C=O) groups excluding carboxylic acids is 1. The highest BCUT2D eigenvalue weighted by molar-refractivity contribution is 5.89. The van der Waals surface area contributed by atoms with Crippen LogP contribution in [0.25, 0.3) is 0 Å². The third kappa shape index (κ3) is 3.05. The summed E-state index contributed by atoms with van der Waals surface area (Å²) in [6, 6.07) is 6.19. The van der Waals surface area contributed by atoms with E-state index in [0.29, 0.717) is 0 Å². The van der Waals surface area contributed by atoms with E-state index < -0.39 is 42.9 Å². The number of benzene rings is 1. The molecule has 21 heavy (non-hydrogen) atoms. The third-order valence-electron chi connectivity index (χ3n) is 3.27. The van der Waals surface area contributed by atoms with Gasteiger partial charge in [-0.15, -0.1) is 0 Å². The molecule has 5 atom stereocenters. The largest absolute Gasteiger partial charge is 0.403 e. The van der Waals surface area contributed by atoms with Crippen molar-refractivity contribution in [2.45, 2.75) is 30.3 Å². The van der Waals surface area contributed by atoms with Gasteiger partial charge in [0.1, 0.15) is 24.4 Å². The lowest BCUT2D eigenvalue weighted by Gasteiger charge is -2.44. The molecule has 1 aromatic carbocycles. The van der Waals surface area contributed by atoms with E-state index in [1.807, 2.05) is 0 Å². The Kier molecular flexibility index (Phi) is 4.57. The fraction of sp³-hybridized carbons (Fsp3) is 0.462. The van der Waals surface area contributed by atoms with Gasteiger partial charge >= 0.3 is 11.9 Å². The van der Waals surface area contributed by atoms with Crippen molar-refractivity contribution in [3.8, 4) is 0 Å². The quantitative estimate of drug-likeness (QED) is 0.316. The topological polar surface area (TPSA) is 142 Å². The van der Waals surface area contributed by atoms with Gasteiger partial charge in [-0.2, -0.15) is 0 Å². The molecule has 1 heterocycles. The van der Waals surface area contributed by atoms with Crippen molar-refractivity contribution in [3.63, 3.8) is 0 Å². The highest BCUT2D eigenvalue weighted by atomic mass is 16.8. The van der Waals surface area contributed by atoms with E-state index in [1.54, 1.807) is 18.2 Å². The molecule has 1 saturated heterocycles. The summed E-state index contributed by atoms with van der Waals surface area (Å²) in [5.41, 5.74) is 5.69. The first-order valence-electron chi connectivity index (χ1n) is 6.30. The molecule has 0 unspecified atom stereocenters. The maximum Gasteiger partial charge on any atom is 0.346 e. The Morgan fingerprint density at radius 2 is 1.90 bits per heavy atom. The van der Waals surface area contributed by atoms with E-state index in [2.05, 4.69) is 0 Å².